The number of aromatic nitrogens is 3. The second-order valence-corrected chi connectivity index (χ2v) is 5.93. The van der Waals surface area contributed by atoms with Crippen LogP contribution >= 0.6 is 0 Å². The van der Waals surface area contributed by atoms with Crippen LogP contribution in [-0.2, 0) is 17.9 Å². The number of rotatable bonds is 7. The minimum Gasteiger partial charge on any atom is -0.497 e. The number of benzene rings is 1. The second-order valence-electron chi connectivity index (χ2n) is 5.93. The molecule has 3 rings (SSSR count). The van der Waals surface area contributed by atoms with E-state index >= 15 is 0 Å². The third-order valence-corrected chi connectivity index (χ3v) is 4.36. The Morgan fingerprint density at radius 3 is 2.92 bits per heavy atom. The normalized spacial score (nSPS) is 17.6. The molecule has 2 heterocycles. The van der Waals surface area contributed by atoms with Crippen LogP contribution in [-0.4, -0.2) is 51.9 Å². The summed E-state index contributed by atoms with van der Waals surface area (Å²) < 4.78 is 19.2. The Kier molecular flexibility index (Phi) is 5.60. The number of hydrogen-bond acceptors (Lipinski definition) is 5. The van der Waals surface area contributed by atoms with Crippen LogP contribution in [0.1, 0.15) is 18.7 Å². The lowest BCUT2D eigenvalue weighted by atomic mass is 10.2. The highest BCUT2D eigenvalue weighted by Gasteiger charge is 2.31. The van der Waals surface area contributed by atoms with E-state index in [9.17, 15) is 9.18 Å². The van der Waals surface area contributed by atoms with E-state index < -0.39 is 6.67 Å². The van der Waals surface area contributed by atoms with Crippen LogP contribution in [0.2, 0.25) is 0 Å². The Bertz CT molecular complexity index is 703. The largest absolute Gasteiger partial charge is 0.497 e. The van der Waals surface area contributed by atoms with Crippen molar-refractivity contribution < 1.29 is 13.9 Å². The molecule has 0 bridgehead atoms. The number of nitrogens with one attached hydrogen (secondary N) is 1. The van der Waals surface area contributed by atoms with Crippen LogP contribution in [0.25, 0.3) is 0 Å². The summed E-state index contributed by atoms with van der Waals surface area (Å²) >= 11 is 0. The van der Waals surface area contributed by atoms with Gasteiger partial charge in [-0.3, -0.25) is 9.69 Å². The van der Waals surface area contributed by atoms with Crippen molar-refractivity contribution in [1.82, 2.24) is 19.7 Å². The van der Waals surface area contributed by atoms with Gasteiger partial charge in [0.25, 0.3) is 0 Å². The molecule has 7 nitrogen and oxygen atoms in total. The number of hydrogen-bond donors (Lipinski definition) is 1. The molecule has 1 N–H and O–H groups in total. The van der Waals surface area contributed by atoms with Gasteiger partial charge in [0.2, 0.25) is 5.91 Å². The summed E-state index contributed by atoms with van der Waals surface area (Å²) in [7, 11) is 1.60. The maximum atomic E-state index is 12.6. The molecule has 1 aromatic heterocycles. The molecule has 8 heteroatoms. The maximum Gasteiger partial charge on any atom is 0.241 e. The number of nitrogens with zero attached hydrogens (tertiary/aromatic N) is 4. The van der Waals surface area contributed by atoms with E-state index in [-0.39, 0.29) is 18.5 Å². The van der Waals surface area contributed by atoms with Gasteiger partial charge in [0.05, 0.1) is 26.2 Å². The van der Waals surface area contributed by atoms with E-state index in [0.717, 1.165) is 30.8 Å². The number of amides is 1. The number of anilines is 1. The highest BCUT2D eigenvalue weighted by molar-refractivity contribution is 5.95. The van der Waals surface area contributed by atoms with E-state index in [1.807, 2.05) is 24.3 Å². The van der Waals surface area contributed by atoms with Gasteiger partial charge >= 0.3 is 0 Å². The van der Waals surface area contributed by atoms with Gasteiger partial charge in [-0.1, -0.05) is 0 Å². The average molecular weight is 347 g/mol. The van der Waals surface area contributed by atoms with E-state index in [4.69, 9.17) is 4.74 Å². The van der Waals surface area contributed by atoms with Crippen molar-refractivity contribution in [3.05, 3.63) is 36.4 Å². The molecular weight excluding hydrogens is 325 g/mol. The van der Waals surface area contributed by atoms with Gasteiger partial charge in [-0.25, -0.2) is 14.1 Å². The summed E-state index contributed by atoms with van der Waals surface area (Å²) in [5.74, 6) is 1.38. The number of carbonyl (C=O) groups is 1. The van der Waals surface area contributed by atoms with Crippen molar-refractivity contribution in [2.24, 2.45) is 0 Å². The van der Waals surface area contributed by atoms with Crippen molar-refractivity contribution in [3.8, 4) is 5.75 Å². The molecule has 1 saturated heterocycles. The highest BCUT2D eigenvalue weighted by atomic mass is 19.1. The molecule has 0 unspecified atom stereocenters. The van der Waals surface area contributed by atoms with E-state index in [0.29, 0.717) is 12.4 Å². The standard InChI is InChI=1S/C17H22FN5O2/c1-25-14-6-4-13(5-7-14)21-17(24)15-3-2-9-22(15)11-16-19-12-20-23(16)10-8-18/h4-7,12,15H,2-3,8-11H2,1H3,(H,21,24)/t15-/m1/s1. The molecule has 25 heavy (non-hydrogen) atoms. The molecule has 1 aromatic carbocycles. The number of carbonyl (C=O) groups excluding carboxylic acids is 1. The van der Waals surface area contributed by atoms with Gasteiger partial charge in [-0.15, -0.1) is 0 Å². The molecular formula is C17H22FN5O2. The Labute approximate surface area is 145 Å². The molecule has 1 fully saturated rings. The van der Waals surface area contributed by atoms with E-state index in [2.05, 4.69) is 20.3 Å². The van der Waals surface area contributed by atoms with Gasteiger partial charge in [0.1, 0.15) is 24.6 Å². The van der Waals surface area contributed by atoms with Gasteiger partial charge in [-0.2, -0.15) is 5.10 Å². The van der Waals surface area contributed by atoms with Crippen molar-refractivity contribution in [1.29, 1.82) is 0 Å². The topological polar surface area (TPSA) is 72.3 Å². The van der Waals surface area contributed by atoms with Crippen LogP contribution in [0.4, 0.5) is 10.1 Å². The summed E-state index contributed by atoms with van der Waals surface area (Å²) in [5.41, 5.74) is 0.734. The number of likely N-dealkylation sites (tertiary alicyclic amines) is 1. The van der Waals surface area contributed by atoms with E-state index in [1.54, 1.807) is 11.8 Å². The molecule has 1 aliphatic heterocycles. The first-order valence-electron chi connectivity index (χ1n) is 8.33. The third-order valence-electron chi connectivity index (χ3n) is 4.36. The Balaban J connectivity index is 1.63. The van der Waals surface area contributed by atoms with Gasteiger partial charge in [0, 0.05) is 5.69 Å². The molecule has 0 spiro atoms. The first kappa shape index (κ1) is 17.3. The molecule has 1 amide bonds. The zero-order valence-electron chi connectivity index (χ0n) is 14.2. The fourth-order valence-electron chi connectivity index (χ4n) is 3.07. The average Bonchev–Trinajstić information content (AvgIpc) is 3.26. The van der Waals surface area contributed by atoms with Gasteiger partial charge in [-0.05, 0) is 43.7 Å². The lowest BCUT2D eigenvalue weighted by molar-refractivity contribution is -0.120. The van der Waals surface area contributed by atoms with Crippen molar-refractivity contribution in [2.45, 2.75) is 32.0 Å². The molecule has 1 atom stereocenters. The van der Waals surface area contributed by atoms with E-state index in [1.165, 1.54) is 6.33 Å². The minimum absolute atomic E-state index is 0.0424. The minimum atomic E-state index is -0.488. The van der Waals surface area contributed by atoms with Crippen molar-refractivity contribution in [2.75, 3.05) is 25.6 Å². The number of ether oxygens (including phenoxy) is 1. The summed E-state index contributed by atoms with van der Waals surface area (Å²) in [6.07, 6.45) is 3.16. The van der Waals surface area contributed by atoms with Crippen molar-refractivity contribution >= 4 is 11.6 Å². The van der Waals surface area contributed by atoms with Crippen LogP contribution in [0, 0.1) is 0 Å². The Morgan fingerprint density at radius 2 is 2.20 bits per heavy atom. The summed E-state index contributed by atoms with van der Waals surface area (Å²) in [4.78, 5) is 18.9. The first-order chi connectivity index (χ1) is 12.2. The lowest BCUT2D eigenvalue weighted by Crippen LogP contribution is -2.39. The summed E-state index contributed by atoms with van der Waals surface area (Å²) in [6, 6.07) is 7.02. The van der Waals surface area contributed by atoms with Crippen LogP contribution < -0.4 is 10.1 Å². The summed E-state index contributed by atoms with van der Waals surface area (Å²) in [5, 5.41) is 6.97. The van der Waals surface area contributed by atoms with Crippen LogP contribution in [0.5, 0.6) is 5.75 Å². The fourth-order valence-corrected chi connectivity index (χ4v) is 3.07. The Morgan fingerprint density at radius 1 is 1.40 bits per heavy atom. The second kappa shape index (κ2) is 8.06. The highest BCUT2D eigenvalue weighted by Crippen LogP contribution is 2.22. The molecule has 134 valence electrons. The van der Waals surface area contributed by atoms with Crippen LogP contribution in [0.3, 0.4) is 0 Å². The molecule has 0 radical (unpaired) electrons. The first-order valence-corrected chi connectivity index (χ1v) is 8.33. The predicted molar refractivity (Wildman–Crippen MR) is 91.1 cm³/mol. The number of alkyl halides is 1. The SMILES string of the molecule is COc1ccc(NC(=O)[C@H]2CCCN2Cc2ncnn2CCF)cc1. The Hall–Kier alpha value is -2.48. The smallest absolute Gasteiger partial charge is 0.241 e. The quantitative estimate of drug-likeness (QED) is 0.828. The van der Waals surface area contributed by atoms with Crippen molar-refractivity contribution in [3.63, 3.8) is 0 Å². The zero-order valence-corrected chi connectivity index (χ0v) is 14.2. The number of aryl methyl sites for hydroxylation is 1. The molecule has 1 aliphatic rings. The molecule has 2 aromatic rings. The predicted octanol–water partition coefficient (Wildman–Crippen LogP) is 1.86. The van der Waals surface area contributed by atoms with Gasteiger partial charge < -0.3 is 10.1 Å². The number of halogens is 1. The maximum absolute atomic E-state index is 12.6. The van der Waals surface area contributed by atoms with Crippen LogP contribution in [0.15, 0.2) is 30.6 Å². The third kappa shape index (κ3) is 4.14. The monoisotopic (exact) mass is 347 g/mol. The van der Waals surface area contributed by atoms with Gasteiger partial charge in [0.15, 0.2) is 0 Å². The zero-order chi connectivity index (χ0) is 17.6. The number of methoxy groups -OCH3 is 1. The fraction of sp³-hybridized carbons (Fsp3) is 0.471. The molecule has 0 saturated carbocycles. The lowest BCUT2D eigenvalue weighted by Gasteiger charge is -2.23. The summed E-state index contributed by atoms with van der Waals surface area (Å²) in [6.45, 7) is 0.994. The molecule has 0 aliphatic carbocycles.